The van der Waals surface area contributed by atoms with Crippen LogP contribution in [0.3, 0.4) is 0 Å². The van der Waals surface area contributed by atoms with Crippen molar-refractivity contribution in [3.63, 3.8) is 0 Å². The lowest BCUT2D eigenvalue weighted by molar-refractivity contribution is 0.148. The van der Waals surface area contributed by atoms with Crippen LogP contribution in [0.4, 0.5) is 8.78 Å². The highest BCUT2D eigenvalue weighted by Gasteiger charge is 2.31. The lowest BCUT2D eigenvalue weighted by Gasteiger charge is -2.36. The Morgan fingerprint density at radius 1 is 0.957 bits per heavy atom. The molecule has 0 amide bonds. The minimum Gasteiger partial charge on any atom is -0.493 e. The van der Waals surface area contributed by atoms with Crippen LogP contribution in [0.1, 0.15) is 38.5 Å². The van der Waals surface area contributed by atoms with Gasteiger partial charge >= 0.3 is 0 Å². The molecule has 1 saturated carbocycles. The first-order valence-corrected chi connectivity index (χ1v) is 12.2. The SMILES string of the molecule is Fc1ccc(OCC2CCC(C3CC[SiH](Cl)CC3)CC2)cc1F. The smallest absolute Gasteiger partial charge is 0.162 e. The van der Waals surface area contributed by atoms with Crippen molar-refractivity contribution in [1.82, 2.24) is 0 Å². The molecule has 0 spiro atoms. The molecule has 1 heterocycles. The van der Waals surface area contributed by atoms with E-state index in [0.717, 1.165) is 24.0 Å². The molecule has 1 aromatic rings. The fraction of sp³-hybridized carbons (Fsp3) is 0.667. The maximum Gasteiger partial charge on any atom is 0.162 e. The van der Waals surface area contributed by atoms with E-state index in [1.165, 1.54) is 56.7 Å². The molecule has 3 rings (SSSR count). The first kappa shape index (κ1) is 17.2. The van der Waals surface area contributed by atoms with E-state index in [1.54, 1.807) is 0 Å². The summed E-state index contributed by atoms with van der Waals surface area (Å²) in [6.07, 6.45) is 7.64. The maximum atomic E-state index is 13.2. The minimum atomic E-state index is -0.859. The van der Waals surface area contributed by atoms with Crippen LogP contribution in [-0.4, -0.2) is 14.7 Å². The third kappa shape index (κ3) is 4.69. The van der Waals surface area contributed by atoms with E-state index in [-0.39, 0.29) is 0 Å². The molecule has 1 saturated heterocycles. The van der Waals surface area contributed by atoms with Gasteiger partial charge in [0, 0.05) is 6.07 Å². The van der Waals surface area contributed by atoms with Gasteiger partial charge in [0.1, 0.15) is 13.9 Å². The predicted molar refractivity (Wildman–Crippen MR) is 92.6 cm³/mol. The van der Waals surface area contributed by atoms with Crippen molar-refractivity contribution in [1.29, 1.82) is 0 Å². The van der Waals surface area contributed by atoms with E-state index in [2.05, 4.69) is 0 Å². The standard InChI is InChI=1S/C18H25ClF2OSi/c19-23-9-7-15(8-10-23)14-3-1-13(2-4-14)12-22-16-5-6-17(20)18(21)11-16/h5-6,11,13-15,23H,1-4,7-10,12H2. The summed E-state index contributed by atoms with van der Waals surface area (Å²) in [5.74, 6) is 1.06. The Bertz CT molecular complexity index is 512. The second-order valence-electron chi connectivity index (χ2n) is 7.18. The number of hydrogen-bond donors (Lipinski definition) is 0. The summed E-state index contributed by atoms with van der Waals surface area (Å²) in [6, 6.07) is 6.38. The lowest BCUT2D eigenvalue weighted by Crippen LogP contribution is -2.28. The summed E-state index contributed by atoms with van der Waals surface area (Å²) >= 11 is 6.34. The van der Waals surface area contributed by atoms with Crippen molar-refractivity contribution >= 4 is 19.2 Å². The zero-order chi connectivity index (χ0) is 16.2. The monoisotopic (exact) mass is 358 g/mol. The van der Waals surface area contributed by atoms with Crippen molar-refractivity contribution in [2.45, 2.75) is 50.6 Å². The van der Waals surface area contributed by atoms with Crippen molar-refractivity contribution in [3.05, 3.63) is 29.8 Å². The molecule has 0 unspecified atom stereocenters. The van der Waals surface area contributed by atoms with Gasteiger partial charge in [0.2, 0.25) is 0 Å². The Morgan fingerprint density at radius 3 is 2.26 bits per heavy atom. The van der Waals surface area contributed by atoms with Crippen LogP contribution < -0.4 is 4.74 Å². The van der Waals surface area contributed by atoms with Gasteiger partial charge in [0.25, 0.3) is 0 Å². The Kier molecular flexibility index (Phi) is 5.97. The van der Waals surface area contributed by atoms with E-state index in [4.69, 9.17) is 15.8 Å². The summed E-state index contributed by atoms with van der Waals surface area (Å²) < 4.78 is 31.7. The van der Waals surface area contributed by atoms with Gasteiger partial charge in [0.15, 0.2) is 11.6 Å². The molecule has 0 radical (unpaired) electrons. The van der Waals surface area contributed by atoms with Crippen LogP contribution in [0.2, 0.25) is 12.1 Å². The Balaban J connectivity index is 1.41. The number of benzene rings is 1. The summed E-state index contributed by atoms with van der Waals surface area (Å²) in [7, 11) is -0.859. The molecule has 0 aromatic heterocycles. The van der Waals surface area contributed by atoms with Crippen LogP contribution in [0.25, 0.3) is 0 Å². The molecule has 128 valence electrons. The van der Waals surface area contributed by atoms with Crippen LogP contribution in [-0.2, 0) is 0 Å². The van der Waals surface area contributed by atoms with Crippen LogP contribution in [0.15, 0.2) is 18.2 Å². The molecule has 0 bridgehead atoms. The highest BCUT2D eigenvalue weighted by atomic mass is 35.6. The molecule has 1 aliphatic carbocycles. The molecule has 1 nitrogen and oxygen atoms in total. The van der Waals surface area contributed by atoms with Gasteiger partial charge in [0.05, 0.1) is 6.61 Å². The van der Waals surface area contributed by atoms with Crippen molar-refractivity contribution in [2.75, 3.05) is 6.61 Å². The van der Waals surface area contributed by atoms with Crippen molar-refractivity contribution in [3.8, 4) is 5.75 Å². The molecule has 1 aliphatic heterocycles. The van der Waals surface area contributed by atoms with E-state index in [0.29, 0.717) is 18.3 Å². The molecular weight excluding hydrogens is 334 g/mol. The van der Waals surface area contributed by atoms with Gasteiger partial charge in [-0.3, -0.25) is 0 Å². The quantitative estimate of drug-likeness (QED) is 0.508. The van der Waals surface area contributed by atoms with Crippen molar-refractivity contribution in [2.24, 2.45) is 17.8 Å². The fourth-order valence-electron chi connectivity index (χ4n) is 4.16. The maximum absolute atomic E-state index is 13.2. The molecule has 0 atom stereocenters. The number of ether oxygens (including phenoxy) is 1. The molecule has 1 aromatic carbocycles. The normalized spacial score (nSPS) is 31.8. The molecular formula is C18H25ClF2OSi. The molecule has 2 fully saturated rings. The Morgan fingerprint density at radius 2 is 1.61 bits per heavy atom. The number of rotatable bonds is 4. The summed E-state index contributed by atoms with van der Waals surface area (Å²) in [4.78, 5) is 0. The van der Waals surface area contributed by atoms with E-state index in [9.17, 15) is 8.78 Å². The first-order valence-electron chi connectivity index (χ1n) is 8.83. The Hall–Kier alpha value is -0.613. The molecule has 23 heavy (non-hydrogen) atoms. The minimum absolute atomic E-state index is 0.427. The number of halogens is 3. The average Bonchev–Trinajstić information content (AvgIpc) is 2.57. The zero-order valence-corrected chi connectivity index (χ0v) is 15.4. The van der Waals surface area contributed by atoms with Crippen LogP contribution >= 0.6 is 11.1 Å². The van der Waals surface area contributed by atoms with Gasteiger partial charge in [-0.15, -0.1) is 0 Å². The third-order valence-corrected chi connectivity index (χ3v) is 8.87. The van der Waals surface area contributed by atoms with Gasteiger partial charge in [-0.25, -0.2) is 8.78 Å². The molecule has 0 N–H and O–H groups in total. The topological polar surface area (TPSA) is 9.23 Å². The lowest BCUT2D eigenvalue weighted by atomic mass is 9.74. The van der Waals surface area contributed by atoms with Gasteiger partial charge in [-0.05, 0) is 67.7 Å². The van der Waals surface area contributed by atoms with Gasteiger partial charge in [-0.1, -0.05) is 12.8 Å². The van der Waals surface area contributed by atoms with E-state index in [1.807, 2.05) is 0 Å². The zero-order valence-electron chi connectivity index (χ0n) is 13.4. The van der Waals surface area contributed by atoms with E-state index < -0.39 is 19.7 Å². The van der Waals surface area contributed by atoms with Crippen LogP contribution in [0.5, 0.6) is 5.75 Å². The van der Waals surface area contributed by atoms with Crippen molar-refractivity contribution < 1.29 is 13.5 Å². The second kappa shape index (κ2) is 7.97. The fourth-order valence-corrected chi connectivity index (χ4v) is 6.78. The summed E-state index contributed by atoms with van der Waals surface area (Å²) in [6.45, 7) is 0.610. The number of hydrogen-bond acceptors (Lipinski definition) is 1. The third-order valence-electron chi connectivity index (χ3n) is 5.64. The first-order chi connectivity index (χ1) is 11.1. The molecule has 5 heteroatoms. The largest absolute Gasteiger partial charge is 0.493 e. The van der Waals surface area contributed by atoms with Crippen LogP contribution in [0, 0.1) is 29.4 Å². The second-order valence-corrected chi connectivity index (χ2v) is 11.4. The Labute approximate surface area is 143 Å². The highest BCUT2D eigenvalue weighted by molar-refractivity contribution is 7.07. The molecule has 2 aliphatic rings. The summed E-state index contributed by atoms with van der Waals surface area (Å²) in [5, 5.41) is 0. The van der Waals surface area contributed by atoms with Gasteiger partial charge in [-0.2, -0.15) is 11.1 Å². The average molecular weight is 359 g/mol. The van der Waals surface area contributed by atoms with Gasteiger partial charge < -0.3 is 4.74 Å². The highest BCUT2D eigenvalue weighted by Crippen LogP contribution is 2.40. The summed E-state index contributed by atoms with van der Waals surface area (Å²) in [5.41, 5.74) is 0. The predicted octanol–water partition coefficient (Wildman–Crippen LogP) is 5.52. The van der Waals surface area contributed by atoms with E-state index >= 15 is 0 Å².